The molecule has 3 aromatic heterocycles. The van der Waals surface area contributed by atoms with E-state index in [1.807, 2.05) is 29.2 Å². The maximum atomic E-state index is 15.4. The first-order chi connectivity index (χ1) is 32.2. The van der Waals surface area contributed by atoms with Crippen molar-refractivity contribution in [1.29, 1.82) is 0 Å². The van der Waals surface area contributed by atoms with E-state index in [4.69, 9.17) is 9.72 Å². The van der Waals surface area contributed by atoms with Crippen LogP contribution < -0.4 is 15.1 Å². The minimum Gasteiger partial charge on any atom is -0.480 e. The number of aromatic nitrogens is 7. The molecule has 9 rings (SSSR count). The Kier molecular flexibility index (Phi) is 13.0. The number of aliphatic hydroxyl groups excluding tert-OH is 3. The summed E-state index contributed by atoms with van der Waals surface area (Å²) in [7, 11) is 1.51. The van der Waals surface area contributed by atoms with Crippen LogP contribution in [-0.2, 0) is 19.1 Å². The van der Waals surface area contributed by atoms with E-state index in [0.29, 0.717) is 66.7 Å². The highest BCUT2D eigenvalue weighted by Crippen LogP contribution is 2.45. The van der Waals surface area contributed by atoms with Crippen LogP contribution >= 0.6 is 0 Å². The second-order valence-corrected chi connectivity index (χ2v) is 17.2. The average Bonchev–Trinajstić information content (AvgIpc) is 4.08. The summed E-state index contributed by atoms with van der Waals surface area (Å²) in [4.78, 5) is 32.1. The molecule has 0 radical (unpaired) electrons. The van der Waals surface area contributed by atoms with E-state index in [-0.39, 0.29) is 42.4 Å². The van der Waals surface area contributed by atoms with Crippen LogP contribution in [0.15, 0.2) is 90.7 Å². The van der Waals surface area contributed by atoms with Crippen LogP contribution in [0.2, 0.25) is 0 Å². The van der Waals surface area contributed by atoms with E-state index in [2.05, 4.69) is 35.4 Å². The Hall–Kier alpha value is -6.45. The molecule has 0 bridgehead atoms. The van der Waals surface area contributed by atoms with Crippen LogP contribution in [0.3, 0.4) is 0 Å². The second kappa shape index (κ2) is 19.0. The lowest BCUT2D eigenvalue weighted by atomic mass is 9.95. The number of piperazine rings is 1. The number of halogens is 4. The van der Waals surface area contributed by atoms with Gasteiger partial charge in [0.25, 0.3) is 0 Å². The molecule has 20 heteroatoms. The summed E-state index contributed by atoms with van der Waals surface area (Å²) in [5.74, 6) is 0.699. The minimum atomic E-state index is -4.60. The number of imidazole rings is 1. The number of nitrogens with zero attached hydrogens (tertiary/aromatic N) is 11. The van der Waals surface area contributed by atoms with Gasteiger partial charge < -0.3 is 29.5 Å². The molecule has 2 aliphatic heterocycles. The molecular weight excluding hydrogens is 873 g/mol. The van der Waals surface area contributed by atoms with Crippen LogP contribution in [0.4, 0.5) is 23.5 Å². The van der Waals surface area contributed by atoms with Crippen LogP contribution in [0.25, 0.3) is 22.8 Å². The van der Waals surface area contributed by atoms with Crippen LogP contribution in [0.5, 0.6) is 5.88 Å². The number of anilines is 1. The zero-order chi connectivity index (χ0) is 47.0. The van der Waals surface area contributed by atoms with Gasteiger partial charge in [0.05, 0.1) is 25.1 Å². The highest BCUT2D eigenvalue weighted by Gasteiger charge is 2.36. The number of hydrazone groups is 1. The SMILES string of the molecule is COc1ncnc(C2CC2)c1-c1ncnc(N(Cc2ccc(-c3nc(C(F)(F)F)cn3C(C)C)cc2)CC(O)N2CCN(C(O)c3cc(CC4=NNC(O)c5ccccc54)ccc3F)CC2)n1. The molecule has 1 aliphatic carbocycles. The zero-order valence-corrected chi connectivity index (χ0v) is 37.0. The number of rotatable bonds is 15. The van der Waals surface area contributed by atoms with Gasteiger partial charge in [-0.05, 0) is 49.9 Å². The number of nitrogens with one attached hydrogen (secondary N) is 1. The maximum Gasteiger partial charge on any atom is 0.434 e. The molecule has 16 nitrogen and oxygen atoms in total. The fourth-order valence-electron chi connectivity index (χ4n) is 8.59. The van der Waals surface area contributed by atoms with E-state index in [0.717, 1.165) is 41.4 Å². The smallest absolute Gasteiger partial charge is 0.434 e. The standard InChI is InChI=1S/C47H50F4N12O4/c1-27(2)63-23-37(47(49,50)51)56-42(63)31-11-8-28(9-12-31)22-62(46-55-26-53-41(57-46)39-40(30-13-14-30)52-25-54-44(39)67-3)24-38(64)60-16-18-61(19-17-60)45(66)34-20-29(10-15-35(34)48)21-36-32-6-4-5-7-33(32)43(65)59-58-36/h4-12,15,20,23,25-27,30,38,43,45,59,64-66H,13-14,16-19,21-22,24H2,1-3H3. The summed E-state index contributed by atoms with van der Waals surface area (Å²) >= 11 is 0. The Morgan fingerprint density at radius 3 is 2.31 bits per heavy atom. The van der Waals surface area contributed by atoms with Crippen molar-refractivity contribution in [3.63, 3.8) is 0 Å². The number of hydrogen-bond acceptors (Lipinski definition) is 15. The number of hydrogen-bond donors (Lipinski definition) is 4. The van der Waals surface area contributed by atoms with E-state index >= 15 is 4.39 Å². The van der Waals surface area contributed by atoms with Gasteiger partial charge in [0.2, 0.25) is 11.8 Å². The third kappa shape index (κ3) is 9.84. The van der Waals surface area contributed by atoms with Gasteiger partial charge in [0.15, 0.2) is 17.7 Å². The normalized spacial score (nSPS) is 17.7. The molecule has 3 atom stereocenters. The average molecular weight is 923 g/mol. The van der Waals surface area contributed by atoms with E-state index < -0.39 is 36.4 Å². The van der Waals surface area contributed by atoms with Crippen molar-refractivity contribution in [2.24, 2.45) is 5.10 Å². The molecule has 350 valence electrons. The largest absolute Gasteiger partial charge is 0.480 e. The Morgan fingerprint density at radius 1 is 0.881 bits per heavy atom. The Balaban J connectivity index is 0.932. The van der Waals surface area contributed by atoms with E-state index in [9.17, 15) is 28.5 Å². The lowest BCUT2D eigenvalue weighted by molar-refractivity contribution is -0.140. The Labute approximate surface area is 383 Å². The van der Waals surface area contributed by atoms with Crippen LogP contribution in [0, 0.1) is 5.82 Å². The number of ether oxygens (including phenoxy) is 1. The summed E-state index contributed by atoms with van der Waals surface area (Å²) < 4.78 is 63.6. The van der Waals surface area contributed by atoms with Crippen LogP contribution in [0.1, 0.15) is 90.3 Å². The van der Waals surface area contributed by atoms with Crippen molar-refractivity contribution in [1.82, 2.24) is 49.7 Å². The highest BCUT2D eigenvalue weighted by molar-refractivity contribution is 6.03. The van der Waals surface area contributed by atoms with Crippen molar-refractivity contribution < 1.29 is 37.6 Å². The third-order valence-electron chi connectivity index (χ3n) is 12.3. The molecule has 0 spiro atoms. The number of alkyl halides is 3. The van der Waals surface area contributed by atoms with Crippen LogP contribution in [-0.4, -0.2) is 111 Å². The monoisotopic (exact) mass is 922 g/mol. The summed E-state index contributed by atoms with van der Waals surface area (Å²) in [6, 6.07) is 18.7. The summed E-state index contributed by atoms with van der Waals surface area (Å²) in [5, 5.41) is 38.1. The molecule has 3 aromatic carbocycles. The van der Waals surface area contributed by atoms with Crippen molar-refractivity contribution in [3.8, 4) is 28.7 Å². The fourth-order valence-corrected chi connectivity index (χ4v) is 8.59. The molecule has 1 saturated carbocycles. The lowest BCUT2D eigenvalue weighted by Crippen LogP contribution is -2.54. The fraction of sp³-hybridized carbons (Fsp3) is 0.383. The molecule has 3 unspecified atom stereocenters. The van der Waals surface area contributed by atoms with Gasteiger partial charge >= 0.3 is 6.18 Å². The molecule has 3 aliphatic rings. The quantitative estimate of drug-likeness (QED) is 0.0881. The molecule has 5 heterocycles. The lowest BCUT2D eigenvalue weighted by Gasteiger charge is -2.40. The first-order valence-electron chi connectivity index (χ1n) is 22.1. The van der Waals surface area contributed by atoms with Crippen molar-refractivity contribution in [3.05, 3.63) is 131 Å². The topological polar surface area (TPSA) is 186 Å². The van der Waals surface area contributed by atoms with Gasteiger partial charge in [0, 0.05) is 79.6 Å². The van der Waals surface area contributed by atoms with Crippen molar-refractivity contribution in [2.75, 3.05) is 44.7 Å². The van der Waals surface area contributed by atoms with Gasteiger partial charge in [0.1, 0.15) is 42.3 Å². The van der Waals surface area contributed by atoms with Gasteiger partial charge in [-0.25, -0.2) is 29.3 Å². The van der Waals surface area contributed by atoms with Crippen molar-refractivity contribution in [2.45, 2.75) is 76.5 Å². The summed E-state index contributed by atoms with van der Waals surface area (Å²) in [5.41, 5.74) is 7.33. The van der Waals surface area contributed by atoms with Gasteiger partial charge in [-0.2, -0.15) is 23.3 Å². The number of methoxy groups -OCH3 is 1. The molecule has 67 heavy (non-hydrogen) atoms. The highest BCUT2D eigenvalue weighted by atomic mass is 19.4. The number of aliphatic hydroxyl groups is 3. The molecule has 1 saturated heterocycles. The maximum absolute atomic E-state index is 15.4. The summed E-state index contributed by atoms with van der Waals surface area (Å²) in [6.07, 6.45) is -1.76. The zero-order valence-electron chi connectivity index (χ0n) is 37.0. The third-order valence-corrected chi connectivity index (χ3v) is 12.3. The molecule has 4 N–H and O–H groups in total. The molecule has 6 aromatic rings. The Morgan fingerprint density at radius 2 is 1.60 bits per heavy atom. The second-order valence-electron chi connectivity index (χ2n) is 17.2. The van der Waals surface area contributed by atoms with Gasteiger partial charge in [-0.3, -0.25) is 15.2 Å². The van der Waals surface area contributed by atoms with Crippen molar-refractivity contribution >= 4 is 11.7 Å². The Bertz CT molecular complexity index is 2740. The number of benzene rings is 3. The number of fused-ring (bicyclic) bond motifs is 1. The first kappa shape index (κ1) is 45.7. The molecular formula is C47H50F4N12O4. The minimum absolute atomic E-state index is 0.0218. The first-order valence-corrected chi connectivity index (χ1v) is 22.1. The van der Waals surface area contributed by atoms with E-state index in [1.54, 1.807) is 60.0 Å². The predicted octanol–water partition coefficient (Wildman–Crippen LogP) is 5.99. The predicted molar refractivity (Wildman–Crippen MR) is 239 cm³/mol. The molecule has 0 amide bonds. The molecule has 2 fully saturated rings. The van der Waals surface area contributed by atoms with Gasteiger partial charge in [-0.15, -0.1) is 0 Å². The van der Waals surface area contributed by atoms with E-state index in [1.165, 1.54) is 30.4 Å². The van der Waals surface area contributed by atoms with Gasteiger partial charge in [-0.1, -0.05) is 54.6 Å². The summed E-state index contributed by atoms with van der Waals surface area (Å²) in [6.45, 7) is 5.07.